The van der Waals surface area contributed by atoms with E-state index in [9.17, 15) is 18.0 Å². The summed E-state index contributed by atoms with van der Waals surface area (Å²) in [7, 11) is -3.03. The van der Waals surface area contributed by atoms with Crippen molar-refractivity contribution in [2.75, 3.05) is 31.1 Å². The first-order chi connectivity index (χ1) is 8.39. The predicted molar refractivity (Wildman–Crippen MR) is 63.0 cm³/mol. The van der Waals surface area contributed by atoms with Gasteiger partial charge >= 0.3 is 12.0 Å². The normalized spacial score (nSPS) is 22.6. The number of nitrogens with zero attached hydrogens (tertiary/aromatic N) is 2. The van der Waals surface area contributed by atoms with Crippen LogP contribution in [-0.4, -0.2) is 72.5 Å². The van der Waals surface area contributed by atoms with Crippen molar-refractivity contribution in [3.63, 3.8) is 0 Å². The number of carboxylic acids is 1. The third-order valence-corrected chi connectivity index (χ3v) is 4.76. The Morgan fingerprint density at radius 2 is 1.78 bits per heavy atom. The second-order valence-corrected chi connectivity index (χ2v) is 6.98. The molecule has 0 radical (unpaired) electrons. The van der Waals surface area contributed by atoms with Gasteiger partial charge in [0, 0.05) is 19.1 Å². The minimum absolute atomic E-state index is 0.00661. The van der Waals surface area contributed by atoms with Crippen molar-refractivity contribution in [2.45, 2.75) is 18.9 Å². The first-order valence-corrected chi connectivity index (χ1v) is 7.69. The lowest BCUT2D eigenvalue weighted by molar-refractivity contribution is -0.137. The second kappa shape index (κ2) is 4.75. The van der Waals surface area contributed by atoms with Crippen molar-refractivity contribution in [2.24, 2.45) is 0 Å². The molecule has 2 rings (SSSR count). The van der Waals surface area contributed by atoms with Crippen LogP contribution in [0.2, 0.25) is 0 Å². The summed E-state index contributed by atoms with van der Waals surface area (Å²) in [5.41, 5.74) is 0. The van der Waals surface area contributed by atoms with E-state index in [1.54, 1.807) is 0 Å². The summed E-state index contributed by atoms with van der Waals surface area (Å²) >= 11 is 0. The molecule has 1 saturated carbocycles. The molecule has 2 amide bonds. The molecule has 2 fully saturated rings. The van der Waals surface area contributed by atoms with Crippen LogP contribution in [0.15, 0.2) is 0 Å². The van der Waals surface area contributed by atoms with Gasteiger partial charge in [0.15, 0.2) is 9.84 Å². The maximum Gasteiger partial charge on any atom is 0.323 e. The summed E-state index contributed by atoms with van der Waals surface area (Å²) in [5.74, 6) is -1.12. The van der Waals surface area contributed by atoms with Crippen LogP contribution in [0.5, 0.6) is 0 Å². The first-order valence-electron chi connectivity index (χ1n) is 5.87. The van der Waals surface area contributed by atoms with Crippen LogP contribution in [0.4, 0.5) is 4.79 Å². The van der Waals surface area contributed by atoms with Gasteiger partial charge in [-0.3, -0.25) is 4.79 Å². The highest BCUT2D eigenvalue weighted by Gasteiger charge is 2.37. The number of carbonyl (C=O) groups is 2. The Morgan fingerprint density at radius 1 is 1.22 bits per heavy atom. The Labute approximate surface area is 105 Å². The third kappa shape index (κ3) is 3.12. The van der Waals surface area contributed by atoms with Crippen LogP contribution in [0, 0.1) is 0 Å². The number of carbonyl (C=O) groups excluding carboxylic acids is 1. The maximum atomic E-state index is 12.1. The number of hydrogen-bond acceptors (Lipinski definition) is 4. The van der Waals surface area contributed by atoms with E-state index in [1.165, 1.54) is 9.80 Å². The van der Waals surface area contributed by atoms with Gasteiger partial charge < -0.3 is 14.9 Å². The van der Waals surface area contributed by atoms with E-state index in [1.807, 2.05) is 0 Å². The van der Waals surface area contributed by atoms with Gasteiger partial charge in [-0.1, -0.05) is 0 Å². The Morgan fingerprint density at radius 3 is 2.22 bits per heavy atom. The van der Waals surface area contributed by atoms with E-state index >= 15 is 0 Å². The largest absolute Gasteiger partial charge is 0.480 e. The van der Waals surface area contributed by atoms with E-state index < -0.39 is 15.8 Å². The van der Waals surface area contributed by atoms with E-state index in [-0.39, 0.29) is 43.2 Å². The molecule has 0 aromatic carbocycles. The first kappa shape index (κ1) is 13.1. The highest BCUT2D eigenvalue weighted by molar-refractivity contribution is 7.91. The molecule has 0 aromatic rings. The van der Waals surface area contributed by atoms with Crippen molar-refractivity contribution in [3.05, 3.63) is 0 Å². The van der Waals surface area contributed by atoms with Gasteiger partial charge in [0.25, 0.3) is 0 Å². The maximum absolute atomic E-state index is 12.1. The second-order valence-electron chi connectivity index (χ2n) is 4.67. The molecule has 8 heteroatoms. The summed E-state index contributed by atoms with van der Waals surface area (Å²) < 4.78 is 22.5. The molecule has 0 aromatic heterocycles. The summed E-state index contributed by atoms with van der Waals surface area (Å²) in [5, 5.41) is 8.78. The lowest BCUT2D eigenvalue weighted by atomic mass is 10.4. The summed E-state index contributed by atoms with van der Waals surface area (Å²) in [4.78, 5) is 25.6. The number of hydrogen-bond donors (Lipinski definition) is 1. The highest BCUT2D eigenvalue weighted by atomic mass is 32.2. The number of carboxylic acid groups (broad SMARTS) is 1. The molecule has 0 unspecified atom stereocenters. The molecule has 1 heterocycles. The lowest BCUT2D eigenvalue weighted by Gasteiger charge is -2.32. The number of amides is 2. The van der Waals surface area contributed by atoms with Crippen molar-refractivity contribution in [3.8, 4) is 0 Å². The molecule has 7 nitrogen and oxygen atoms in total. The zero-order valence-electron chi connectivity index (χ0n) is 9.91. The van der Waals surface area contributed by atoms with Crippen LogP contribution in [-0.2, 0) is 14.6 Å². The standard InChI is InChI=1S/C10H16N2O5S/c13-9(14)7-12(8-1-2-8)10(15)11-3-5-18(16,17)6-4-11/h8H,1-7H2,(H,13,14). The lowest BCUT2D eigenvalue weighted by Crippen LogP contribution is -2.51. The molecule has 0 bridgehead atoms. The molecule has 0 atom stereocenters. The minimum Gasteiger partial charge on any atom is -0.480 e. The Balaban J connectivity index is 1.98. The average Bonchev–Trinajstić information content (AvgIpc) is 3.08. The van der Waals surface area contributed by atoms with E-state index in [2.05, 4.69) is 0 Å². The topological polar surface area (TPSA) is 95.0 Å². The van der Waals surface area contributed by atoms with Crippen molar-refractivity contribution >= 4 is 21.8 Å². The zero-order valence-corrected chi connectivity index (χ0v) is 10.7. The summed E-state index contributed by atoms with van der Waals surface area (Å²) in [6.07, 6.45) is 1.65. The minimum atomic E-state index is -3.03. The van der Waals surface area contributed by atoms with Crippen molar-refractivity contribution < 1.29 is 23.1 Å². The summed E-state index contributed by atoms with van der Waals surface area (Å²) in [6, 6.07) is -0.345. The van der Waals surface area contributed by atoms with Gasteiger partial charge in [-0.15, -0.1) is 0 Å². The van der Waals surface area contributed by atoms with Crippen LogP contribution < -0.4 is 0 Å². The Kier molecular flexibility index (Phi) is 3.47. The van der Waals surface area contributed by atoms with Crippen molar-refractivity contribution in [1.29, 1.82) is 0 Å². The SMILES string of the molecule is O=C(O)CN(C(=O)N1CCS(=O)(=O)CC1)C1CC1. The molecule has 1 aliphatic carbocycles. The fourth-order valence-electron chi connectivity index (χ4n) is 1.97. The molecular weight excluding hydrogens is 260 g/mol. The third-order valence-electron chi connectivity index (χ3n) is 3.15. The van der Waals surface area contributed by atoms with Crippen molar-refractivity contribution in [1.82, 2.24) is 9.80 Å². The molecule has 0 spiro atoms. The van der Waals surface area contributed by atoms with E-state index in [0.29, 0.717) is 0 Å². The highest BCUT2D eigenvalue weighted by Crippen LogP contribution is 2.27. The van der Waals surface area contributed by atoms with Gasteiger partial charge in [0.1, 0.15) is 6.54 Å². The van der Waals surface area contributed by atoms with Gasteiger partial charge in [-0.2, -0.15) is 0 Å². The van der Waals surface area contributed by atoms with E-state index in [0.717, 1.165) is 12.8 Å². The van der Waals surface area contributed by atoms with Gasteiger partial charge in [-0.25, -0.2) is 13.2 Å². The van der Waals surface area contributed by atoms with Crippen LogP contribution in [0.1, 0.15) is 12.8 Å². The molecular formula is C10H16N2O5S. The quantitative estimate of drug-likeness (QED) is 0.741. The number of aliphatic carboxylic acids is 1. The molecule has 2 aliphatic rings. The monoisotopic (exact) mass is 276 g/mol. The van der Waals surface area contributed by atoms with Gasteiger partial charge in [0.05, 0.1) is 11.5 Å². The Bertz CT molecular complexity index is 443. The molecule has 1 N–H and O–H groups in total. The zero-order chi connectivity index (χ0) is 13.3. The van der Waals surface area contributed by atoms with Crippen LogP contribution in [0.25, 0.3) is 0 Å². The average molecular weight is 276 g/mol. The predicted octanol–water partition coefficient (Wildman–Crippen LogP) is -0.614. The van der Waals surface area contributed by atoms with Gasteiger partial charge in [0.2, 0.25) is 0 Å². The van der Waals surface area contributed by atoms with Crippen LogP contribution >= 0.6 is 0 Å². The number of rotatable bonds is 3. The van der Waals surface area contributed by atoms with Gasteiger partial charge in [-0.05, 0) is 12.8 Å². The molecule has 1 saturated heterocycles. The molecule has 102 valence electrons. The molecule has 1 aliphatic heterocycles. The molecule has 18 heavy (non-hydrogen) atoms. The van der Waals surface area contributed by atoms with E-state index in [4.69, 9.17) is 5.11 Å². The fraction of sp³-hybridized carbons (Fsp3) is 0.800. The Hall–Kier alpha value is -1.31. The number of urea groups is 1. The smallest absolute Gasteiger partial charge is 0.323 e. The fourth-order valence-corrected chi connectivity index (χ4v) is 3.17. The number of sulfone groups is 1. The van der Waals surface area contributed by atoms with Crippen LogP contribution in [0.3, 0.4) is 0 Å². The summed E-state index contributed by atoms with van der Waals surface area (Å²) in [6.45, 7) is 0.000755.